The molecule has 0 aliphatic heterocycles. The fourth-order valence-electron chi connectivity index (χ4n) is 1.31. The Morgan fingerprint density at radius 3 is 2.53 bits per heavy atom. The number of hydrogen-bond acceptors (Lipinski definition) is 4. The van der Waals surface area contributed by atoms with Crippen LogP contribution in [0.3, 0.4) is 0 Å². The summed E-state index contributed by atoms with van der Waals surface area (Å²) in [6.07, 6.45) is 0. The molecule has 15 heavy (non-hydrogen) atoms. The average Bonchev–Trinajstić information content (AvgIpc) is 2.27. The fourth-order valence-corrected chi connectivity index (χ4v) is 1.31. The fraction of sp³-hybridized carbons (Fsp3) is 0.273. The maximum absolute atomic E-state index is 11.5. The average molecular weight is 205 g/mol. The molecule has 4 nitrogen and oxygen atoms in total. The van der Waals surface area contributed by atoms with Gasteiger partial charge in [-0.15, -0.1) is 0 Å². The number of aryl methyl sites for hydroxylation is 1. The molecule has 0 spiro atoms. The Morgan fingerprint density at radius 2 is 2.07 bits per heavy atom. The minimum atomic E-state index is -0.563. The van der Waals surface area contributed by atoms with Gasteiger partial charge in [-0.2, -0.15) is 5.26 Å². The highest BCUT2D eigenvalue weighted by molar-refractivity contribution is 5.95. The van der Waals surface area contributed by atoms with Crippen molar-refractivity contribution in [3.8, 4) is 11.8 Å². The van der Waals surface area contributed by atoms with Gasteiger partial charge in [-0.25, -0.2) is 4.79 Å². The van der Waals surface area contributed by atoms with Crippen molar-refractivity contribution in [1.29, 1.82) is 5.26 Å². The lowest BCUT2D eigenvalue weighted by Crippen LogP contribution is -2.08. The van der Waals surface area contributed by atoms with Crippen molar-refractivity contribution in [2.24, 2.45) is 0 Å². The van der Waals surface area contributed by atoms with Crippen LogP contribution in [0.1, 0.15) is 21.5 Å². The molecule has 0 fully saturated rings. The van der Waals surface area contributed by atoms with Crippen LogP contribution < -0.4 is 4.74 Å². The maximum Gasteiger partial charge on any atom is 0.343 e. The molecule has 0 saturated heterocycles. The van der Waals surface area contributed by atoms with Crippen LogP contribution in [0.4, 0.5) is 0 Å². The van der Waals surface area contributed by atoms with Crippen molar-refractivity contribution in [3.63, 3.8) is 0 Å². The van der Waals surface area contributed by atoms with Crippen LogP contribution in [0.15, 0.2) is 12.1 Å². The Morgan fingerprint density at radius 1 is 1.40 bits per heavy atom. The van der Waals surface area contributed by atoms with Gasteiger partial charge in [0.2, 0.25) is 0 Å². The predicted octanol–water partition coefficient (Wildman–Crippen LogP) is 1.66. The van der Waals surface area contributed by atoms with E-state index in [1.165, 1.54) is 14.2 Å². The van der Waals surface area contributed by atoms with Gasteiger partial charge in [0.25, 0.3) is 0 Å². The van der Waals surface area contributed by atoms with E-state index >= 15 is 0 Å². The highest BCUT2D eigenvalue weighted by Gasteiger charge is 2.19. The number of methoxy groups -OCH3 is 2. The summed E-state index contributed by atoms with van der Waals surface area (Å²) < 4.78 is 9.62. The summed E-state index contributed by atoms with van der Waals surface area (Å²) in [7, 11) is 2.71. The van der Waals surface area contributed by atoms with Crippen LogP contribution in [0, 0.1) is 18.3 Å². The quantitative estimate of drug-likeness (QED) is 0.689. The molecule has 4 heteroatoms. The second-order valence-electron chi connectivity index (χ2n) is 2.94. The molecule has 0 atom stereocenters. The Bertz CT molecular complexity index is 432. The van der Waals surface area contributed by atoms with Gasteiger partial charge in [0, 0.05) is 0 Å². The topological polar surface area (TPSA) is 59.3 Å². The molecule has 0 aromatic heterocycles. The zero-order valence-corrected chi connectivity index (χ0v) is 8.83. The predicted molar refractivity (Wildman–Crippen MR) is 53.8 cm³/mol. The molecule has 1 aromatic rings. The van der Waals surface area contributed by atoms with E-state index in [2.05, 4.69) is 4.74 Å². The van der Waals surface area contributed by atoms with Crippen molar-refractivity contribution in [2.45, 2.75) is 6.92 Å². The number of ether oxygens (including phenoxy) is 2. The lowest BCUT2D eigenvalue weighted by Gasteiger charge is -2.09. The second kappa shape index (κ2) is 4.47. The number of nitriles is 1. The molecule has 1 rings (SSSR count). The Labute approximate surface area is 88.0 Å². The number of carbonyl (C=O) groups excluding carboxylic acids is 1. The van der Waals surface area contributed by atoms with Crippen LogP contribution in [0.5, 0.6) is 5.75 Å². The maximum atomic E-state index is 11.5. The summed E-state index contributed by atoms with van der Waals surface area (Å²) >= 11 is 0. The lowest BCUT2D eigenvalue weighted by molar-refractivity contribution is 0.0596. The molecular formula is C11H11NO3. The third-order valence-electron chi connectivity index (χ3n) is 2.10. The molecule has 0 radical (unpaired) electrons. The van der Waals surface area contributed by atoms with Crippen molar-refractivity contribution in [1.82, 2.24) is 0 Å². The van der Waals surface area contributed by atoms with Gasteiger partial charge in [0.05, 0.1) is 19.8 Å². The van der Waals surface area contributed by atoms with E-state index in [0.717, 1.165) is 5.56 Å². The third kappa shape index (κ3) is 1.91. The molecular weight excluding hydrogens is 194 g/mol. The van der Waals surface area contributed by atoms with Gasteiger partial charge in [-0.05, 0) is 18.6 Å². The first-order valence-electron chi connectivity index (χ1n) is 4.31. The second-order valence-corrected chi connectivity index (χ2v) is 2.94. The number of rotatable bonds is 2. The monoisotopic (exact) mass is 205 g/mol. The van der Waals surface area contributed by atoms with Gasteiger partial charge in [0.15, 0.2) is 0 Å². The number of nitrogens with zero attached hydrogens (tertiary/aromatic N) is 1. The highest BCUT2D eigenvalue weighted by Crippen LogP contribution is 2.25. The Kier molecular flexibility index (Phi) is 3.29. The van der Waals surface area contributed by atoms with Crippen LogP contribution >= 0.6 is 0 Å². The van der Waals surface area contributed by atoms with Crippen LogP contribution in [0.25, 0.3) is 0 Å². The zero-order valence-electron chi connectivity index (χ0n) is 8.83. The van der Waals surface area contributed by atoms with Gasteiger partial charge in [-0.1, -0.05) is 6.07 Å². The summed E-state index contributed by atoms with van der Waals surface area (Å²) in [5, 5.41) is 8.95. The Balaban J connectivity index is 3.49. The smallest absolute Gasteiger partial charge is 0.343 e. The van der Waals surface area contributed by atoms with Gasteiger partial charge in [0.1, 0.15) is 17.4 Å². The summed E-state index contributed by atoms with van der Waals surface area (Å²) in [4.78, 5) is 11.5. The Hall–Kier alpha value is -2.02. The summed E-state index contributed by atoms with van der Waals surface area (Å²) in [5.74, 6) is -0.212. The first kappa shape index (κ1) is 11.1. The van der Waals surface area contributed by atoms with Crippen molar-refractivity contribution in [3.05, 3.63) is 28.8 Å². The van der Waals surface area contributed by atoms with Crippen LogP contribution in [0.2, 0.25) is 0 Å². The molecule has 1 aromatic carbocycles. The molecule has 0 amide bonds. The summed E-state index contributed by atoms with van der Waals surface area (Å²) in [6, 6.07) is 5.34. The first-order chi connectivity index (χ1) is 7.15. The van der Waals surface area contributed by atoms with E-state index in [4.69, 9.17) is 10.00 Å². The van der Waals surface area contributed by atoms with Crippen molar-refractivity contribution < 1.29 is 14.3 Å². The zero-order chi connectivity index (χ0) is 11.4. The molecule has 78 valence electrons. The largest absolute Gasteiger partial charge is 0.496 e. The van der Waals surface area contributed by atoms with Crippen LogP contribution in [-0.4, -0.2) is 20.2 Å². The van der Waals surface area contributed by atoms with E-state index in [1.54, 1.807) is 19.1 Å². The molecule has 0 heterocycles. The molecule has 0 saturated carbocycles. The van der Waals surface area contributed by atoms with E-state index in [9.17, 15) is 4.79 Å². The van der Waals surface area contributed by atoms with Gasteiger partial charge >= 0.3 is 5.97 Å². The first-order valence-corrected chi connectivity index (χ1v) is 4.31. The van der Waals surface area contributed by atoms with Crippen molar-refractivity contribution in [2.75, 3.05) is 14.2 Å². The van der Waals surface area contributed by atoms with E-state index in [1.807, 2.05) is 6.07 Å². The van der Waals surface area contributed by atoms with E-state index in [0.29, 0.717) is 11.3 Å². The molecule has 0 N–H and O–H groups in total. The highest BCUT2D eigenvalue weighted by atomic mass is 16.5. The van der Waals surface area contributed by atoms with Crippen molar-refractivity contribution >= 4 is 5.97 Å². The molecule has 0 bridgehead atoms. The van der Waals surface area contributed by atoms with Gasteiger partial charge in [-0.3, -0.25) is 0 Å². The number of hydrogen-bond donors (Lipinski definition) is 0. The van der Waals surface area contributed by atoms with Crippen LogP contribution in [-0.2, 0) is 4.74 Å². The summed E-state index contributed by atoms with van der Waals surface area (Å²) in [5.41, 5.74) is 1.20. The van der Waals surface area contributed by atoms with Gasteiger partial charge < -0.3 is 9.47 Å². The SMILES string of the molecule is COC(=O)c1c(OC)ccc(C)c1C#N. The molecule has 0 aliphatic carbocycles. The normalized spacial score (nSPS) is 9.20. The minimum Gasteiger partial charge on any atom is -0.496 e. The number of carbonyl (C=O) groups is 1. The standard InChI is InChI=1S/C11H11NO3/c1-7-4-5-9(14-2)10(8(7)6-12)11(13)15-3/h4-5H,1-3H3. The number of benzene rings is 1. The van der Waals surface area contributed by atoms with E-state index < -0.39 is 5.97 Å². The third-order valence-corrected chi connectivity index (χ3v) is 2.10. The van der Waals surface area contributed by atoms with E-state index in [-0.39, 0.29) is 5.56 Å². The number of esters is 1. The lowest BCUT2D eigenvalue weighted by atomic mass is 10.0. The molecule has 0 unspecified atom stereocenters. The minimum absolute atomic E-state index is 0.183. The summed E-state index contributed by atoms with van der Waals surface area (Å²) in [6.45, 7) is 1.75. The molecule has 0 aliphatic rings.